The molecule has 2 heterocycles. The van der Waals surface area contributed by atoms with Gasteiger partial charge in [0.15, 0.2) is 0 Å². The average molecular weight is 483 g/mol. The van der Waals surface area contributed by atoms with Gasteiger partial charge in [0.25, 0.3) is 0 Å². The zero-order valence-corrected chi connectivity index (χ0v) is 20.6. The van der Waals surface area contributed by atoms with Crippen LogP contribution in [0.25, 0.3) is 0 Å². The first-order valence-electron chi connectivity index (χ1n) is 12.4. The van der Waals surface area contributed by atoms with E-state index < -0.39 is 0 Å². The number of benzene rings is 2. The van der Waals surface area contributed by atoms with Crippen LogP contribution in [-0.2, 0) is 32.1 Å². The highest BCUT2D eigenvalue weighted by Gasteiger charge is 2.38. The first-order valence-corrected chi connectivity index (χ1v) is 12.4. The van der Waals surface area contributed by atoms with Gasteiger partial charge in [-0.05, 0) is 56.4 Å². The summed E-state index contributed by atoms with van der Waals surface area (Å²) >= 11 is 0. The summed E-state index contributed by atoms with van der Waals surface area (Å²) in [5, 5.41) is 0. The Hall–Kier alpha value is -2.77. The molecule has 0 saturated carbocycles. The molecule has 2 aliphatic heterocycles. The normalized spacial score (nSPS) is 22.7. The largest absolute Gasteiger partial charge is 0.376 e. The van der Waals surface area contributed by atoms with Gasteiger partial charge in [0.1, 0.15) is 5.82 Å². The quantitative estimate of drug-likeness (QED) is 0.602. The topological polar surface area (TPSA) is 59.1 Å². The van der Waals surface area contributed by atoms with E-state index >= 15 is 0 Å². The Morgan fingerprint density at radius 1 is 1.11 bits per heavy atom. The van der Waals surface area contributed by atoms with Gasteiger partial charge in [0.2, 0.25) is 11.8 Å². The van der Waals surface area contributed by atoms with Crippen molar-refractivity contribution < 1.29 is 23.5 Å². The molecule has 2 aliphatic rings. The molecule has 2 fully saturated rings. The van der Waals surface area contributed by atoms with E-state index in [1.165, 1.54) is 12.1 Å². The summed E-state index contributed by atoms with van der Waals surface area (Å²) in [5.41, 5.74) is 1.52. The van der Waals surface area contributed by atoms with Crippen molar-refractivity contribution in [2.24, 2.45) is 5.92 Å². The predicted molar refractivity (Wildman–Crippen MR) is 131 cm³/mol. The number of hydrogen-bond donors (Lipinski definition) is 0. The number of carbonyl (C=O) groups is 2. The monoisotopic (exact) mass is 482 g/mol. The van der Waals surface area contributed by atoms with Gasteiger partial charge in [-0.25, -0.2) is 4.39 Å². The lowest BCUT2D eigenvalue weighted by atomic mass is 9.87. The Balaban J connectivity index is 1.47. The lowest BCUT2D eigenvalue weighted by Gasteiger charge is -2.37. The maximum absolute atomic E-state index is 13.6. The maximum Gasteiger partial charge on any atom is 0.242 e. The molecular weight excluding hydrogens is 447 g/mol. The van der Waals surface area contributed by atoms with Crippen LogP contribution in [0.2, 0.25) is 0 Å². The number of nitrogens with zero attached hydrogens (tertiary/aromatic N) is 2. The van der Waals surface area contributed by atoms with E-state index in [1.54, 1.807) is 15.9 Å². The van der Waals surface area contributed by atoms with Gasteiger partial charge in [-0.15, -0.1) is 0 Å². The summed E-state index contributed by atoms with van der Waals surface area (Å²) in [4.78, 5) is 30.2. The molecule has 2 aromatic rings. The van der Waals surface area contributed by atoms with Crippen LogP contribution in [0.15, 0.2) is 54.6 Å². The second kappa shape index (κ2) is 11.3. The number of amides is 2. The molecule has 0 bridgehead atoms. The fourth-order valence-corrected chi connectivity index (χ4v) is 4.92. The van der Waals surface area contributed by atoms with Crippen LogP contribution < -0.4 is 0 Å². The van der Waals surface area contributed by atoms with Crippen LogP contribution >= 0.6 is 0 Å². The van der Waals surface area contributed by atoms with Crippen LogP contribution in [0.3, 0.4) is 0 Å². The van der Waals surface area contributed by atoms with E-state index in [0.29, 0.717) is 39.1 Å². The molecule has 188 valence electrons. The molecule has 0 N–H and O–H groups in total. The summed E-state index contributed by atoms with van der Waals surface area (Å²) in [6.45, 7) is 6.07. The molecule has 35 heavy (non-hydrogen) atoms. The first kappa shape index (κ1) is 25.3. The Bertz CT molecular complexity index is 1010. The SMILES string of the molecule is CC1(C)C[C@@H](C(=O)N2CC(=O)N(CCc3ccccc3)C[C@@H](OCc3cccc(F)c3)C2)CCO1. The molecule has 0 radical (unpaired) electrons. The van der Waals surface area contributed by atoms with Crippen LogP contribution in [0.1, 0.15) is 37.8 Å². The van der Waals surface area contributed by atoms with E-state index in [2.05, 4.69) is 0 Å². The first-order chi connectivity index (χ1) is 16.8. The fraction of sp³-hybridized carbons (Fsp3) is 0.500. The van der Waals surface area contributed by atoms with Crippen molar-refractivity contribution in [2.75, 3.05) is 32.8 Å². The van der Waals surface area contributed by atoms with Gasteiger partial charge in [0, 0.05) is 32.2 Å². The van der Waals surface area contributed by atoms with Crippen molar-refractivity contribution >= 4 is 11.8 Å². The van der Waals surface area contributed by atoms with Crippen molar-refractivity contribution in [3.63, 3.8) is 0 Å². The number of hydrogen-bond acceptors (Lipinski definition) is 4. The average Bonchev–Trinajstić information content (AvgIpc) is 2.99. The van der Waals surface area contributed by atoms with E-state index in [9.17, 15) is 14.0 Å². The minimum Gasteiger partial charge on any atom is -0.376 e. The van der Waals surface area contributed by atoms with E-state index in [0.717, 1.165) is 17.5 Å². The summed E-state index contributed by atoms with van der Waals surface area (Å²) in [5.74, 6) is -0.576. The van der Waals surface area contributed by atoms with Gasteiger partial charge in [0.05, 0.1) is 24.9 Å². The van der Waals surface area contributed by atoms with Gasteiger partial charge in [-0.2, -0.15) is 0 Å². The lowest BCUT2D eigenvalue weighted by molar-refractivity contribution is -0.149. The van der Waals surface area contributed by atoms with Crippen molar-refractivity contribution in [1.29, 1.82) is 0 Å². The minimum atomic E-state index is -0.364. The second-order valence-electron chi connectivity index (χ2n) is 10.2. The van der Waals surface area contributed by atoms with Gasteiger partial charge in [-0.1, -0.05) is 42.5 Å². The molecule has 6 nitrogen and oxygen atoms in total. The summed E-state index contributed by atoms with van der Waals surface area (Å²) in [6.07, 6.45) is 1.64. The number of carbonyl (C=O) groups excluding carboxylic acids is 2. The molecule has 2 saturated heterocycles. The zero-order chi connectivity index (χ0) is 24.8. The van der Waals surface area contributed by atoms with E-state index in [4.69, 9.17) is 9.47 Å². The third kappa shape index (κ3) is 7.12. The maximum atomic E-state index is 13.6. The Kier molecular flexibility index (Phi) is 8.19. The van der Waals surface area contributed by atoms with Crippen LogP contribution in [-0.4, -0.2) is 66.1 Å². The zero-order valence-electron chi connectivity index (χ0n) is 20.6. The highest BCUT2D eigenvalue weighted by molar-refractivity contribution is 5.86. The molecule has 2 atom stereocenters. The summed E-state index contributed by atoms with van der Waals surface area (Å²) < 4.78 is 25.6. The number of halogens is 1. The third-order valence-electron chi connectivity index (χ3n) is 6.77. The van der Waals surface area contributed by atoms with Crippen LogP contribution in [0.4, 0.5) is 4.39 Å². The fourth-order valence-electron chi connectivity index (χ4n) is 4.92. The standard InChI is InChI=1S/C28H35FN2O4/c1-28(2)16-23(12-14-35-28)27(33)31-18-25(34-20-22-9-6-10-24(29)15-22)17-30(26(32)19-31)13-11-21-7-4-3-5-8-21/h3-10,15,23,25H,11-14,16-20H2,1-2H3/t23-,25+/m0/s1. The van der Waals surface area contributed by atoms with Crippen molar-refractivity contribution in [3.05, 3.63) is 71.5 Å². The Labute approximate surface area is 207 Å². The van der Waals surface area contributed by atoms with Gasteiger partial charge in [-0.3, -0.25) is 9.59 Å². The summed E-state index contributed by atoms with van der Waals surface area (Å²) in [7, 11) is 0. The van der Waals surface area contributed by atoms with Crippen LogP contribution in [0, 0.1) is 11.7 Å². The second-order valence-corrected chi connectivity index (χ2v) is 10.2. The lowest BCUT2D eigenvalue weighted by Crippen LogP contribution is -2.46. The third-order valence-corrected chi connectivity index (χ3v) is 6.77. The molecule has 2 amide bonds. The van der Waals surface area contributed by atoms with E-state index in [-0.39, 0.29) is 48.4 Å². The Morgan fingerprint density at radius 3 is 2.63 bits per heavy atom. The van der Waals surface area contributed by atoms with E-state index in [1.807, 2.05) is 50.2 Å². The Morgan fingerprint density at radius 2 is 1.89 bits per heavy atom. The molecular formula is C28H35FN2O4. The predicted octanol–water partition coefficient (Wildman–Crippen LogP) is 3.83. The molecule has 0 aliphatic carbocycles. The molecule has 0 unspecified atom stereocenters. The van der Waals surface area contributed by atoms with Crippen LogP contribution in [0.5, 0.6) is 0 Å². The highest BCUT2D eigenvalue weighted by atomic mass is 19.1. The minimum absolute atomic E-state index is 0.0148. The van der Waals surface area contributed by atoms with Crippen molar-refractivity contribution in [2.45, 2.75) is 51.4 Å². The molecule has 2 aromatic carbocycles. The van der Waals surface area contributed by atoms with Gasteiger partial charge >= 0.3 is 0 Å². The number of rotatable bonds is 7. The highest BCUT2D eigenvalue weighted by Crippen LogP contribution is 2.30. The molecule has 7 heteroatoms. The molecule has 0 spiro atoms. The summed E-state index contributed by atoms with van der Waals surface area (Å²) in [6, 6.07) is 16.3. The van der Waals surface area contributed by atoms with Crippen molar-refractivity contribution in [1.82, 2.24) is 9.80 Å². The molecule has 0 aromatic heterocycles. The smallest absolute Gasteiger partial charge is 0.242 e. The van der Waals surface area contributed by atoms with Crippen molar-refractivity contribution in [3.8, 4) is 0 Å². The van der Waals surface area contributed by atoms with Gasteiger partial charge < -0.3 is 19.3 Å². The number of ether oxygens (including phenoxy) is 2. The molecule has 4 rings (SSSR count).